The van der Waals surface area contributed by atoms with Crippen molar-refractivity contribution in [2.24, 2.45) is 0 Å². The summed E-state index contributed by atoms with van der Waals surface area (Å²) in [4.78, 5) is 29.5. The van der Waals surface area contributed by atoms with Crippen molar-refractivity contribution in [3.63, 3.8) is 0 Å². The van der Waals surface area contributed by atoms with Crippen LogP contribution in [0.5, 0.6) is 0 Å². The monoisotopic (exact) mass is 604 g/mol. The second-order valence-corrected chi connectivity index (χ2v) is 9.76. The highest BCUT2D eigenvalue weighted by Crippen LogP contribution is 2.27. The Morgan fingerprint density at radius 1 is 0.912 bits per heavy atom. The SMILES string of the molecule is O=C(NC(=S)Nc1ccccc1N1CCN(C(=O)c2ccccc2)CC1)c1cc(I)ccc1Cl. The molecule has 4 rings (SSSR count). The van der Waals surface area contributed by atoms with Gasteiger partial charge in [0.2, 0.25) is 0 Å². The molecular formula is C25H22ClIN4O2S. The molecule has 3 aromatic carbocycles. The van der Waals surface area contributed by atoms with Crippen LogP contribution < -0.4 is 15.5 Å². The van der Waals surface area contributed by atoms with Crippen LogP contribution in [0.4, 0.5) is 11.4 Å². The number of carbonyl (C=O) groups excluding carboxylic acids is 2. The number of thiocarbonyl (C=S) groups is 1. The summed E-state index contributed by atoms with van der Waals surface area (Å²) < 4.78 is 0.904. The van der Waals surface area contributed by atoms with Gasteiger partial charge in [0.15, 0.2) is 5.11 Å². The second-order valence-electron chi connectivity index (χ2n) is 7.69. The zero-order valence-electron chi connectivity index (χ0n) is 18.1. The Bertz CT molecular complexity index is 1220. The minimum absolute atomic E-state index is 0.0461. The van der Waals surface area contributed by atoms with Crippen molar-refractivity contribution in [1.82, 2.24) is 10.2 Å². The van der Waals surface area contributed by atoms with E-state index in [1.807, 2.05) is 65.6 Å². The predicted octanol–water partition coefficient (Wildman–Crippen LogP) is 5.03. The van der Waals surface area contributed by atoms with Gasteiger partial charge in [-0.15, -0.1) is 0 Å². The molecule has 0 aliphatic carbocycles. The summed E-state index contributed by atoms with van der Waals surface area (Å²) in [6, 6.07) is 22.3. The molecule has 0 saturated carbocycles. The molecule has 0 spiro atoms. The van der Waals surface area contributed by atoms with Crippen LogP contribution in [0.2, 0.25) is 5.02 Å². The molecule has 1 heterocycles. The maximum atomic E-state index is 12.7. The Labute approximate surface area is 222 Å². The van der Waals surface area contributed by atoms with E-state index in [2.05, 4.69) is 38.1 Å². The first-order valence-corrected chi connectivity index (χ1v) is 12.5. The average molecular weight is 605 g/mol. The van der Waals surface area contributed by atoms with Gasteiger partial charge in [-0.3, -0.25) is 14.9 Å². The Hall–Kier alpha value is -2.69. The smallest absolute Gasteiger partial charge is 0.258 e. The van der Waals surface area contributed by atoms with Crippen LogP contribution in [-0.4, -0.2) is 48.0 Å². The predicted molar refractivity (Wildman–Crippen MR) is 149 cm³/mol. The average Bonchev–Trinajstić information content (AvgIpc) is 2.86. The number of hydrogen-bond acceptors (Lipinski definition) is 4. The fraction of sp³-hybridized carbons (Fsp3) is 0.160. The highest BCUT2D eigenvalue weighted by Gasteiger charge is 2.23. The van der Waals surface area contributed by atoms with E-state index in [-0.39, 0.29) is 16.9 Å². The second kappa shape index (κ2) is 11.2. The molecule has 6 nitrogen and oxygen atoms in total. The summed E-state index contributed by atoms with van der Waals surface area (Å²) in [7, 11) is 0. The summed E-state index contributed by atoms with van der Waals surface area (Å²) in [5.74, 6) is -0.323. The van der Waals surface area contributed by atoms with E-state index >= 15 is 0 Å². The summed E-state index contributed by atoms with van der Waals surface area (Å²) in [6.07, 6.45) is 0. The standard InChI is InChI=1S/C25H22ClIN4O2S/c26-20-11-10-18(27)16-19(20)23(32)29-25(34)28-21-8-4-5-9-22(21)30-12-14-31(15-13-30)24(33)17-6-2-1-3-7-17/h1-11,16H,12-15H2,(H2,28,29,32,34). The van der Waals surface area contributed by atoms with Crippen LogP contribution in [0.1, 0.15) is 20.7 Å². The number of nitrogens with one attached hydrogen (secondary N) is 2. The molecule has 1 aliphatic rings. The minimum atomic E-state index is -0.369. The number of amides is 2. The normalized spacial score (nSPS) is 13.4. The number of hydrogen-bond donors (Lipinski definition) is 2. The molecule has 1 aliphatic heterocycles. The van der Waals surface area contributed by atoms with Crippen LogP contribution in [0.15, 0.2) is 72.8 Å². The van der Waals surface area contributed by atoms with Gasteiger partial charge in [0.25, 0.3) is 11.8 Å². The van der Waals surface area contributed by atoms with Gasteiger partial charge >= 0.3 is 0 Å². The lowest BCUT2D eigenvalue weighted by Gasteiger charge is -2.37. The first-order chi connectivity index (χ1) is 16.4. The fourth-order valence-electron chi connectivity index (χ4n) is 3.76. The quantitative estimate of drug-likeness (QED) is 0.323. The molecule has 0 aromatic heterocycles. The van der Waals surface area contributed by atoms with E-state index in [0.29, 0.717) is 42.3 Å². The molecule has 0 atom stereocenters. The third-order valence-corrected chi connectivity index (χ3v) is 6.69. The number of nitrogens with zero attached hydrogens (tertiary/aromatic N) is 2. The number of halogens is 2. The summed E-state index contributed by atoms with van der Waals surface area (Å²) in [5, 5.41) is 6.39. The van der Waals surface area contributed by atoms with Crippen molar-refractivity contribution in [2.75, 3.05) is 36.4 Å². The Balaban J connectivity index is 1.39. The van der Waals surface area contributed by atoms with Crippen LogP contribution in [0.25, 0.3) is 0 Å². The highest BCUT2D eigenvalue weighted by molar-refractivity contribution is 14.1. The number of piperazine rings is 1. The van der Waals surface area contributed by atoms with E-state index in [0.717, 1.165) is 14.9 Å². The summed E-state index contributed by atoms with van der Waals surface area (Å²) in [5.41, 5.74) is 2.81. The van der Waals surface area contributed by atoms with E-state index in [1.54, 1.807) is 12.1 Å². The van der Waals surface area contributed by atoms with Gasteiger partial charge in [0.05, 0.1) is 22.0 Å². The van der Waals surface area contributed by atoms with E-state index < -0.39 is 0 Å². The van der Waals surface area contributed by atoms with E-state index in [4.69, 9.17) is 23.8 Å². The van der Waals surface area contributed by atoms with Crippen LogP contribution in [-0.2, 0) is 0 Å². The van der Waals surface area contributed by atoms with Crippen LogP contribution in [0, 0.1) is 3.57 Å². The Morgan fingerprint density at radius 2 is 1.59 bits per heavy atom. The van der Waals surface area contributed by atoms with Crippen molar-refractivity contribution < 1.29 is 9.59 Å². The molecule has 0 bridgehead atoms. The summed E-state index contributed by atoms with van der Waals surface area (Å²) in [6.45, 7) is 2.62. The molecule has 34 heavy (non-hydrogen) atoms. The van der Waals surface area contributed by atoms with Crippen molar-refractivity contribution in [3.05, 3.63) is 92.5 Å². The molecule has 0 radical (unpaired) electrons. The van der Waals surface area contributed by atoms with E-state index in [9.17, 15) is 9.59 Å². The third-order valence-electron chi connectivity index (χ3n) is 5.48. The zero-order chi connectivity index (χ0) is 24.1. The number of rotatable bonds is 4. The zero-order valence-corrected chi connectivity index (χ0v) is 21.9. The fourth-order valence-corrected chi connectivity index (χ4v) is 4.66. The van der Waals surface area contributed by atoms with Gasteiger partial charge in [-0.2, -0.15) is 0 Å². The number of anilines is 2. The topological polar surface area (TPSA) is 64.7 Å². The number of benzene rings is 3. The molecule has 2 amide bonds. The van der Waals surface area contributed by atoms with Gasteiger partial charge in [-0.05, 0) is 77.3 Å². The van der Waals surface area contributed by atoms with Gasteiger partial charge in [-0.25, -0.2) is 0 Å². The maximum absolute atomic E-state index is 12.7. The Morgan fingerprint density at radius 3 is 2.32 bits per heavy atom. The molecule has 9 heteroatoms. The van der Waals surface area contributed by atoms with Crippen LogP contribution in [0.3, 0.4) is 0 Å². The molecule has 1 fully saturated rings. The third kappa shape index (κ3) is 5.86. The molecule has 1 saturated heterocycles. The van der Waals surface area contributed by atoms with Crippen molar-refractivity contribution >= 4 is 74.7 Å². The van der Waals surface area contributed by atoms with Gasteiger partial charge < -0.3 is 15.1 Å². The lowest BCUT2D eigenvalue weighted by molar-refractivity contribution is 0.0746. The maximum Gasteiger partial charge on any atom is 0.258 e. The molecule has 174 valence electrons. The highest BCUT2D eigenvalue weighted by atomic mass is 127. The lowest BCUT2D eigenvalue weighted by Crippen LogP contribution is -2.49. The lowest BCUT2D eigenvalue weighted by atomic mass is 10.1. The van der Waals surface area contributed by atoms with Crippen molar-refractivity contribution in [3.8, 4) is 0 Å². The van der Waals surface area contributed by atoms with Crippen molar-refractivity contribution in [2.45, 2.75) is 0 Å². The molecule has 3 aromatic rings. The molecule has 0 unspecified atom stereocenters. The molecule has 2 N–H and O–H groups in total. The molecular weight excluding hydrogens is 583 g/mol. The number of para-hydroxylation sites is 2. The van der Waals surface area contributed by atoms with Crippen LogP contribution >= 0.6 is 46.4 Å². The van der Waals surface area contributed by atoms with Gasteiger partial charge in [-0.1, -0.05) is 41.9 Å². The van der Waals surface area contributed by atoms with Crippen molar-refractivity contribution in [1.29, 1.82) is 0 Å². The van der Waals surface area contributed by atoms with Gasteiger partial charge in [0, 0.05) is 35.3 Å². The first kappa shape index (κ1) is 24.4. The Kier molecular flexibility index (Phi) is 8.02. The van der Waals surface area contributed by atoms with E-state index in [1.165, 1.54) is 0 Å². The minimum Gasteiger partial charge on any atom is -0.366 e. The number of carbonyl (C=O) groups is 2. The van der Waals surface area contributed by atoms with Gasteiger partial charge in [0.1, 0.15) is 0 Å². The summed E-state index contributed by atoms with van der Waals surface area (Å²) >= 11 is 13.7. The first-order valence-electron chi connectivity index (χ1n) is 10.7. The largest absolute Gasteiger partial charge is 0.366 e.